The number of aromatic amines is 1. The topological polar surface area (TPSA) is 71.6 Å². The molecule has 2 aromatic carbocycles. The van der Waals surface area contributed by atoms with Gasteiger partial charge in [0, 0.05) is 28.5 Å². The molecule has 1 unspecified atom stereocenters. The van der Waals surface area contributed by atoms with Crippen LogP contribution in [0.4, 0.5) is 0 Å². The number of nitrogens with zero attached hydrogens (tertiary/aromatic N) is 1. The zero-order chi connectivity index (χ0) is 19.8. The molecule has 0 saturated carbocycles. The highest BCUT2D eigenvalue weighted by Crippen LogP contribution is 2.41. The lowest BCUT2D eigenvalue weighted by atomic mass is 9.98. The maximum absolute atomic E-state index is 13.3. The van der Waals surface area contributed by atoms with E-state index in [9.17, 15) is 8.42 Å². The van der Waals surface area contributed by atoms with E-state index in [1.807, 2.05) is 48.5 Å². The summed E-state index contributed by atoms with van der Waals surface area (Å²) < 4.78 is 38.9. The van der Waals surface area contributed by atoms with E-state index in [4.69, 9.17) is 9.47 Å². The Morgan fingerprint density at radius 3 is 2.66 bits per heavy atom. The van der Waals surface area contributed by atoms with Crippen LogP contribution in [-0.2, 0) is 25.9 Å². The molecule has 2 aliphatic heterocycles. The van der Waals surface area contributed by atoms with Gasteiger partial charge in [-0.3, -0.25) is 0 Å². The van der Waals surface area contributed by atoms with Gasteiger partial charge in [-0.05, 0) is 29.7 Å². The fraction of sp³-hybridized carbons (Fsp3) is 0.182. The summed E-state index contributed by atoms with van der Waals surface area (Å²) in [5, 5.41) is 2.38. The van der Waals surface area contributed by atoms with Crippen LogP contribution in [0.3, 0.4) is 0 Å². The van der Waals surface area contributed by atoms with Gasteiger partial charge in [-0.2, -0.15) is 4.31 Å². The minimum Gasteiger partial charge on any atom is -0.462 e. The largest absolute Gasteiger partial charge is 0.462 e. The van der Waals surface area contributed by atoms with Gasteiger partial charge in [-0.25, -0.2) is 8.42 Å². The number of H-pyrrole nitrogens is 1. The van der Waals surface area contributed by atoms with Gasteiger partial charge in [-0.1, -0.05) is 48.5 Å². The SMILES string of the molecule is O=S(=O)(C=Cc1ccccc1)N1CCc2c([nH]c3ccccc23)C1C1=COCO1. The summed E-state index contributed by atoms with van der Waals surface area (Å²) in [7, 11) is -3.69. The molecule has 1 N–H and O–H groups in total. The summed E-state index contributed by atoms with van der Waals surface area (Å²) in [5.74, 6) is 0.495. The van der Waals surface area contributed by atoms with E-state index in [2.05, 4.69) is 11.1 Å². The molecule has 0 amide bonds. The second kappa shape index (κ2) is 7.09. The molecule has 7 heteroatoms. The standard InChI is InChI=1S/C22H20N2O4S/c25-29(26,13-11-16-6-2-1-3-7-16)24-12-10-18-17-8-4-5-9-19(17)23-21(18)22(24)20-14-27-15-28-20/h1-9,11,13-14,22-23H,10,12,15H2. The highest BCUT2D eigenvalue weighted by atomic mass is 32.2. The van der Waals surface area contributed by atoms with E-state index < -0.39 is 16.1 Å². The predicted octanol–water partition coefficient (Wildman–Crippen LogP) is 3.91. The lowest BCUT2D eigenvalue weighted by molar-refractivity contribution is 0.0668. The number of aromatic nitrogens is 1. The number of fused-ring (bicyclic) bond motifs is 3. The van der Waals surface area contributed by atoms with Crippen LogP contribution in [0.5, 0.6) is 0 Å². The van der Waals surface area contributed by atoms with Gasteiger partial charge in [0.15, 0.2) is 5.76 Å². The number of sulfonamides is 1. The highest BCUT2D eigenvalue weighted by molar-refractivity contribution is 7.92. The lowest BCUT2D eigenvalue weighted by Gasteiger charge is -2.33. The molecule has 3 aromatic rings. The summed E-state index contributed by atoms with van der Waals surface area (Å²) in [6.45, 7) is 0.455. The van der Waals surface area contributed by atoms with Crippen LogP contribution in [0.15, 0.2) is 72.0 Å². The first kappa shape index (κ1) is 18.0. The van der Waals surface area contributed by atoms with E-state index in [-0.39, 0.29) is 6.79 Å². The van der Waals surface area contributed by atoms with Crippen molar-refractivity contribution in [2.75, 3.05) is 13.3 Å². The summed E-state index contributed by atoms with van der Waals surface area (Å²) in [6.07, 6.45) is 3.75. The van der Waals surface area contributed by atoms with Gasteiger partial charge < -0.3 is 14.5 Å². The third-order valence-corrected chi connectivity index (χ3v) is 6.84. The van der Waals surface area contributed by atoms with Crippen LogP contribution < -0.4 is 0 Å². The van der Waals surface area contributed by atoms with Crippen LogP contribution >= 0.6 is 0 Å². The molecule has 0 spiro atoms. The second-order valence-electron chi connectivity index (χ2n) is 7.03. The van der Waals surface area contributed by atoms with Crippen molar-refractivity contribution in [1.82, 2.24) is 9.29 Å². The van der Waals surface area contributed by atoms with E-state index in [0.717, 1.165) is 27.7 Å². The Kier molecular flexibility index (Phi) is 4.41. The number of rotatable bonds is 4. The van der Waals surface area contributed by atoms with Crippen LogP contribution in [0.2, 0.25) is 0 Å². The van der Waals surface area contributed by atoms with Gasteiger partial charge in [0.25, 0.3) is 0 Å². The van der Waals surface area contributed by atoms with Crippen molar-refractivity contribution in [2.45, 2.75) is 12.5 Å². The van der Waals surface area contributed by atoms with Crippen LogP contribution in [0.25, 0.3) is 17.0 Å². The Hall–Kier alpha value is -3.03. The second-order valence-corrected chi connectivity index (χ2v) is 8.80. The molecule has 1 aromatic heterocycles. The van der Waals surface area contributed by atoms with Crippen LogP contribution in [-0.4, -0.2) is 31.0 Å². The fourth-order valence-electron chi connectivity index (χ4n) is 3.98. The van der Waals surface area contributed by atoms with Gasteiger partial charge in [-0.15, -0.1) is 0 Å². The minimum atomic E-state index is -3.69. The number of benzene rings is 2. The average Bonchev–Trinajstić information content (AvgIpc) is 3.40. The van der Waals surface area contributed by atoms with E-state index >= 15 is 0 Å². The summed E-state index contributed by atoms with van der Waals surface area (Å²) in [6, 6.07) is 16.8. The van der Waals surface area contributed by atoms with E-state index in [0.29, 0.717) is 18.7 Å². The zero-order valence-corrected chi connectivity index (χ0v) is 16.4. The van der Waals surface area contributed by atoms with Gasteiger partial charge in [0.05, 0.1) is 0 Å². The Morgan fingerprint density at radius 2 is 1.86 bits per heavy atom. The van der Waals surface area contributed by atoms with Crippen LogP contribution in [0, 0.1) is 0 Å². The predicted molar refractivity (Wildman–Crippen MR) is 111 cm³/mol. The maximum Gasteiger partial charge on any atom is 0.237 e. The summed E-state index contributed by atoms with van der Waals surface area (Å²) in [5.41, 5.74) is 3.78. The first-order chi connectivity index (χ1) is 14.1. The molecule has 5 rings (SSSR count). The molecular weight excluding hydrogens is 388 g/mol. The normalized spacial score (nSPS) is 19.7. The summed E-state index contributed by atoms with van der Waals surface area (Å²) >= 11 is 0. The summed E-state index contributed by atoms with van der Waals surface area (Å²) in [4.78, 5) is 3.41. The molecule has 0 fully saturated rings. The fourth-order valence-corrected chi connectivity index (χ4v) is 5.31. The van der Waals surface area contributed by atoms with Crippen molar-refractivity contribution in [1.29, 1.82) is 0 Å². The molecule has 0 bridgehead atoms. The smallest absolute Gasteiger partial charge is 0.237 e. The Balaban J connectivity index is 1.58. The first-order valence-electron chi connectivity index (χ1n) is 9.42. The van der Waals surface area contributed by atoms with Crippen molar-refractivity contribution in [3.63, 3.8) is 0 Å². The molecule has 1 atom stereocenters. The third-order valence-electron chi connectivity index (χ3n) is 5.31. The van der Waals surface area contributed by atoms with Gasteiger partial charge in [0.1, 0.15) is 12.3 Å². The maximum atomic E-state index is 13.3. The molecule has 0 aliphatic carbocycles. The molecule has 0 radical (unpaired) electrons. The van der Waals surface area contributed by atoms with E-state index in [1.165, 1.54) is 16.0 Å². The molecule has 148 valence electrons. The van der Waals surface area contributed by atoms with Crippen LogP contribution in [0.1, 0.15) is 22.9 Å². The number of nitrogens with one attached hydrogen (secondary N) is 1. The van der Waals surface area contributed by atoms with Crippen molar-refractivity contribution in [2.24, 2.45) is 0 Å². The number of hydrogen-bond donors (Lipinski definition) is 1. The Labute approximate surface area is 169 Å². The molecule has 0 saturated heterocycles. The zero-order valence-electron chi connectivity index (χ0n) is 15.6. The molecule has 3 heterocycles. The monoisotopic (exact) mass is 408 g/mol. The minimum absolute atomic E-state index is 0.0924. The molecule has 6 nitrogen and oxygen atoms in total. The molecule has 29 heavy (non-hydrogen) atoms. The average molecular weight is 408 g/mol. The number of para-hydroxylation sites is 1. The highest BCUT2D eigenvalue weighted by Gasteiger charge is 2.40. The Bertz CT molecular complexity index is 1210. The van der Waals surface area contributed by atoms with Crippen molar-refractivity contribution in [3.8, 4) is 0 Å². The number of hydrogen-bond acceptors (Lipinski definition) is 4. The van der Waals surface area contributed by atoms with Crippen molar-refractivity contribution < 1.29 is 17.9 Å². The van der Waals surface area contributed by atoms with Gasteiger partial charge in [0.2, 0.25) is 16.8 Å². The molecular formula is C22H20N2O4S. The number of ether oxygens (including phenoxy) is 2. The van der Waals surface area contributed by atoms with Crippen molar-refractivity contribution >= 4 is 27.0 Å². The van der Waals surface area contributed by atoms with Gasteiger partial charge >= 0.3 is 0 Å². The quantitative estimate of drug-likeness (QED) is 0.710. The Morgan fingerprint density at radius 1 is 1.07 bits per heavy atom. The van der Waals surface area contributed by atoms with Crippen molar-refractivity contribution in [3.05, 3.63) is 88.8 Å². The first-order valence-corrected chi connectivity index (χ1v) is 10.9. The lowest BCUT2D eigenvalue weighted by Crippen LogP contribution is -2.40. The third kappa shape index (κ3) is 3.22. The molecule has 2 aliphatic rings. The van der Waals surface area contributed by atoms with E-state index in [1.54, 1.807) is 6.08 Å².